The summed E-state index contributed by atoms with van der Waals surface area (Å²) in [6.45, 7) is 8.92. The maximum absolute atomic E-state index is 9.94. The Hall–Kier alpha value is -1.06. The highest BCUT2D eigenvalue weighted by Crippen LogP contribution is 2.30. The summed E-state index contributed by atoms with van der Waals surface area (Å²) in [5.74, 6) is 0.391. The first-order chi connectivity index (χ1) is 8.08. The molecule has 0 saturated carbocycles. The smallest absolute Gasteiger partial charge is 0.120 e. The van der Waals surface area contributed by atoms with Crippen molar-refractivity contribution in [3.8, 4) is 5.75 Å². The van der Waals surface area contributed by atoms with Crippen LogP contribution in [0.15, 0.2) is 18.2 Å². The van der Waals surface area contributed by atoms with Crippen LogP contribution in [0.25, 0.3) is 0 Å². The number of rotatable bonds is 2. The number of ether oxygens (including phenoxy) is 1. The molecule has 0 amide bonds. The number of nitrogens with zero attached hydrogens (tertiary/aromatic N) is 1. The molecule has 1 aliphatic rings. The van der Waals surface area contributed by atoms with Crippen molar-refractivity contribution in [2.75, 3.05) is 19.7 Å². The SMILES string of the molecule is Cc1ccc(O)c(C(C)N2CCOC(C)C2)c1. The Morgan fingerprint density at radius 3 is 2.94 bits per heavy atom. The zero-order valence-electron chi connectivity index (χ0n) is 10.8. The second-order valence-corrected chi connectivity index (χ2v) is 4.91. The Kier molecular flexibility index (Phi) is 3.69. The van der Waals surface area contributed by atoms with Gasteiger partial charge in [0.15, 0.2) is 0 Å². The van der Waals surface area contributed by atoms with E-state index in [4.69, 9.17) is 4.74 Å². The molecule has 0 aromatic heterocycles. The minimum absolute atomic E-state index is 0.237. The molecule has 1 saturated heterocycles. The highest BCUT2D eigenvalue weighted by Gasteiger charge is 2.23. The van der Waals surface area contributed by atoms with E-state index in [1.807, 2.05) is 6.07 Å². The topological polar surface area (TPSA) is 32.7 Å². The average Bonchev–Trinajstić information content (AvgIpc) is 2.31. The van der Waals surface area contributed by atoms with E-state index < -0.39 is 0 Å². The van der Waals surface area contributed by atoms with Crippen LogP contribution in [0.3, 0.4) is 0 Å². The van der Waals surface area contributed by atoms with Crippen molar-refractivity contribution in [3.63, 3.8) is 0 Å². The molecule has 1 aliphatic heterocycles. The van der Waals surface area contributed by atoms with Gasteiger partial charge >= 0.3 is 0 Å². The van der Waals surface area contributed by atoms with Gasteiger partial charge < -0.3 is 9.84 Å². The van der Waals surface area contributed by atoms with E-state index in [-0.39, 0.29) is 12.1 Å². The fraction of sp³-hybridized carbons (Fsp3) is 0.571. The molecule has 1 fully saturated rings. The van der Waals surface area contributed by atoms with Crippen LogP contribution in [0.5, 0.6) is 5.75 Å². The summed E-state index contributed by atoms with van der Waals surface area (Å²) in [5, 5.41) is 9.94. The quantitative estimate of drug-likeness (QED) is 0.854. The van der Waals surface area contributed by atoms with E-state index in [0.717, 1.165) is 25.3 Å². The van der Waals surface area contributed by atoms with Crippen LogP contribution in [0.2, 0.25) is 0 Å². The molecule has 0 spiro atoms. The van der Waals surface area contributed by atoms with E-state index >= 15 is 0 Å². The molecule has 2 rings (SSSR count). The van der Waals surface area contributed by atoms with Crippen molar-refractivity contribution >= 4 is 0 Å². The number of phenolic OH excluding ortho intramolecular Hbond substituents is 1. The lowest BCUT2D eigenvalue weighted by atomic mass is 10.0. The summed E-state index contributed by atoms with van der Waals surface area (Å²) in [4.78, 5) is 2.36. The van der Waals surface area contributed by atoms with Crippen LogP contribution >= 0.6 is 0 Å². The van der Waals surface area contributed by atoms with E-state index in [0.29, 0.717) is 5.75 Å². The molecule has 0 bridgehead atoms. The van der Waals surface area contributed by atoms with Crippen molar-refractivity contribution in [2.24, 2.45) is 0 Å². The van der Waals surface area contributed by atoms with Crippen LogP contribution in [-0.2, 0) is 4.74 Å². The molecule has 3 heteroatoms. The van der Waals surface area contributed by atoms with Gasteiger partial charge in [0.1, 0.15) is 5.75 Å². The maximum Gasteiger partial charge on any atom is 0.120 e. The van der Waals surface area contributed by atoms with Gasteiger partial charge in [0.25, 0.3) is 0 Å². The van der Waals surface area contributed by atoms with Crippen LogP contribution in [0.4, 0.5) is 0 Å². The lowest BCUT2D eigenvalue weighted by Crippen LogP contribution is -2.42. The third-order valence-electron chi connectivity index (χ3n) is 3.45. The second kappa shape index (κ2) is 5.07. The number of phenols is 1. The monoisotopic (exact) mass is 235 g/mol. The molecule has 17 heavy (non-hydrogen) atoms. The Labute approximate surface area is 103 Å². The molecular formula is C14H21NO2. The second-order valence-electron chi connectivity index (χ2n) is 4.91. The Bertz CT molecular complexity index is 392. The van der Waals surface area contributed by atoms with E-state index in [9.17, 15) is 5.11 Å². The molecule has 1 N–H and O–H groups in total. The fourth-order valence-electron chi connectivity index (χ4n) is 2.40. The molecule has 0 radical (unpaired) electrons. The van der Waals surface area contributed by atoms with Gasteiger partial charge in [0.2, 0.25) is 0 Å². The van der Waals surface area contributed by atoms with Crippen molar-refractivity contribution in [3.05, 3.63) is 29.3 Å². The van der Waals surface area contributed by atoms with Gasteiger partial charge in [-0.2, -0.15) is 0 Å². The molecule has 1 aromatic rings. The average molecular weight is 235 g/mol. The predicted octanol–water partition coefficient (Wildman–Crippen LogP) is 2.48. The Morgan fingerprint density at radius 1 is 1.47 bits per heavy atom. The Balaban J connectivity index is 2.18. The predicted molar refractivity (Wildman–Crippen MR) is 68.2 cm³/mol. The largest absolute Gasteiger partial charge is 0.508 e. The molecule has 1 aromatic carbocycles. The van der Waals surface area contributed by atoms with Gasteiger partial charge in [-0.05, 0) is 26.8 Å². The molecule has 2 unspecified atom stereocenters. The van der Waals surface area contributed by atoms with Gasteiger partial charge in [-0.1, -0.05) is 17.7 Å². The Morgan fingerprint density at radius 2 is 2.24 bits per heavy atom. The number of benzene rings is 1. The standard InChI is InChI=1S/C14H21NO2/c1-10-4-5-14(16)13(8-10)12(3)15-6-7-17-11(2)9-15/h4-5,8,11-12,16H,6-7,9H2,1-3H3. The first-order valence-corrected chi connectivity index (χ1v) is 6.23. The van der Waals surface area contributed by atoms with E-state index in [1.54, 1.807) is 6.07 Å². The fourth-order valence-corrected chi connectivity index (χ4v) is 2.40. The summed E-state index contributed by atoms with van der Waals surface area (Å²) in [5.41, 5.74) is 2.20. The van der Waals surface area contributed by atoms with Gasteiger partial charge in [-0.3, -0.25) is 4.90 Å². The minimum Gasteiger partial charge on any atom is -0.508 e. The summed E-state index contributed by atoms with van der Waals surface area (Å²) in [6, 6.07) is 6.03. The summed E-state index contributed by atoms with van der Waals surface area (Å²) >= 11 is 0. The number of aryl methyl sites for hydroxylation is 1. The third-order valence-corrected chi connectivity index (χ3v) is 3.45. The molecular weight excluding hydrogens is 214 g/mol. The summed E-state index contributed by atoms with van der Waals surface area (Å²) in [6.07, 6.45) is 0.276. The minimum atomic E-state index is 0.237. The number of hydrogen-bond acceptors (Lipinski definition) is 3. The highest BCUT2D eigenvalue weighted by atomic mass is 16.5. The molecule has 2 atom stereocenters. The van der Waals surface area contributed by atoms with Crippen LogP contribution in [0, 0.1) is 6.92 Å². The first kappa shape index (κ1) is 12.4. The van der Waals surface area contributed by atoms with Gasteiger partial charge in [-0.25, -0.2) is 0 Å². The van der Waals surface area contributed by atoms with Crippen LogP contribution in [-0.4, -0.2) is 35.8 Å². The van der Waals surface area contributed by atoms with E-state index in [1.165, 1.54) is 5.56 Å². The summed E-state index contributed by atoms with van der Waals surface area (Å²) < 4.78 is 5.54. The first-order valence-electron chi connectivity index (χ1n) is 6.23. The number of morpholine rings is 1. The number of hydrogen-bond donors (Lipinski definition) is 1. The number of aromatic hydroxyl groups is 1. The lowest BCUT2D eigenvalue weighted by molar-refractivity contribution is -0.0322. The third kappa shape index (κ3) is 2.79. The van der Waals surface area contributed by atoms with E-state index in [2.05, 4.69) is 31.7 Å². The van der Waals surface area contributed by atoms with Crippen LogP contribution < -0.4 is 0 Å². The molecule has 3 nitrogen and oxygen atoms in total. The van der Waals surface area contributed by atoms with Crippen molar-refractivity contribution in [1.82, 2.24) is 4.90 Å². The van der Waals surface area contributed by atoms with Crippen molar-refractivity contribution in [1.29, 1.82) is 0 Å². The highest BCUT2D eigenvalue weighted by molar-refractivity contribution is 5.37. The van der Waals surface area contributed by atoms with Crippen molar-refractivity contribution < 1.29 is 9.84 Å². The van der Waals surface area contributed by atoms with Crippen molar-refractivity contribution in [2.45, 2.75) is 32.9 Å². The molecule has 94 valence electrons. The van der Waals surface area contributed by atoms with Gasteiger partial charge in [-0.15, -0.1) is 0 Å². The maximum atomic E-state index is 9.94. The summed E-state index contributed by atoms with van der Waals surface area (Å²) in [7, 11) is 0. The van der Waals surface area contributed by atoms with Gasteiger partial charge in [0.05, 0.1) is 12.7 Å². The van der Waals surface area contributed by atoms with Gasteiger partial charge in [0, 0.05) is 24.7 Å². The molecule has 1 heterocycles. The molecule has 0 aliphatic carbocycles. The zero-order valence-corrected chi connectivity index (χ0v) is 10.8. The zero-order chi connectivity index (χ0) is 12.4. The normalized spacial score (nSPS) is 23.6. The lowest BCUT2D eigenvalue weighted by Gasteiger charge is -2.36. The van der Waals surface area contributed by atoms with Crippen LogP contribution in [0.1, 0.15) is 31.0 Å².